The van der Waals surface area contributed by atoms with Crippen molar-refractivity contribution in [1.29, 1.82) is 0 Å². The topological polar surface area (TPSA) is 314 Å². The number of aromatic hydroxyl groups is 1. The minimum atomic E-state index is -2.34. The van der Waals surface area contributed by atoms with E-state index in [1.807, 2.05) is 0 Å². The van der Waals surface area contributed by atoms with Crippen LogP contribution in [0.1, 0.15) is 126 Å². The highest BCUT2D eigenvalue weighted by atomic mass is 16.7. The van der Waals surface area contributed by atoms with Crippen LogP contribution in [0.4, 0.5) is 0 Å². The van der Waals surface area contributed by atoms with Crippen LogP contribution in [0.3, 0.4) is 0 Å². The summed E-state index contributed by atoms with van der Waals surface area (Å²) in [6.45, 7) is 0.727. The van der Waals surface area contributed by atoms with Gasteiger partial charge in [-0.1, -0.05) is 82.8 Å². The maximum Gasteiger partial charge on any atom is 0.339 e. The summed E-state index contributed by atoms with van der Waals surface area (Å²) >= 11 is 0. The number of hydrogen-bond acceptors (Lipinski definition) is 17. The SMILES string of the molecule is CC(=O)OC1C(O)C(CO)OC(OC(COC(=O)CC(=O)O)C(O)C(O)C(O)C(=O)OC(C)CCCCCCCCCCCCCCCc2cccc(O)c2C(=O)O)C1O. The van der Waals surface area contributed by atoms with Crippen LogP contribution in [-0.4, -0.2) is 150 Å². The highest BCUT2D eigenvalue weighted by Crippen LogP contribution is 2.27. The van der Waals surface area contributed by atoms with Gasteiger partial charge in [0.2, 0.25) is 0 Å². The Morgan fingerprint density at radius 2 is 1.37 bits per heavy atom. The summed E-state index contributed by atoms with van der Waals surface area (Å²) in [6.07, 6.45) is -5.02. The maximum atomic E-state index is 12.7. The van der Waals surface area contributed by atoms with E-state index < -0.39 is 111 Å². The molecule has 1 fully saturated rings. The lowest BCUT2D eigenvalue weighted by atomic mass is 9.98. The first kappa shape index (κ1) is 52.2. The zero-order chi connectivity index (χ0) is 44.8. The lowest BCUT2D eigenvalue weighted by molar-refractivity contribution is -0.323. The molecule has 10 atom stereocenters. The van der Waals surface area contributed by atoms with Gasteiger partial charge in [-0.25, -0.2) is 9.59 Å². The molecule has 1 aliphatic heterocycles. The fourth-order valence-electron chi connectivity index (χ4n) is 6.84. The maximum absolute atomic E-state index is 12.7. The number of ether oxygens (including phenoxy) is 5. The number of rotatable bonds is 30. The zero-order valence-corrected chi connectivity index (χ0v) is 34.3. The summed E-state index contributed by atoms with van der Waals surface area (Å²) in [5, 5.41) is 91.0. The minimum absolute atomic E-state index is 0.0126. The van der Waals surface area contributed by atoms with Crippen LogP contribution in [0.15, 0.2) is 18.2 Å². The van der Waals surface area contributed by atoms with Gasteiger partial charge in [-0.05, 0) is 44.2 Å². The molecule has 0 bridgehead atoms. The molecule has 1 saturated heterocycles. The van der Waals surface area contributed by atoms with E-state index in [4.69, 9.17) is 28.8 Å². The molecule has 1 aliphatic rings. The van der Waals surface area contributed by atoms with Crippen LogP contribution in [-0.2, 0) is 49.3 Å². The molecule has 60 heavy (non-hydrogen) atoms. The molecule has 0 aliphatic carbocycles. The van der Waals surface area contributed by atoms with Gasteiger partial charge in [-0.2, -0.15) is 0 Å². The number of aromatic carboxylic acids is 1. The first-order valence-corrected chi connectivity index (χ1v) is 20.6. The summed E-state index contributed by atoms with van der Waals surface area (Å²) < 4.78 is 25.8. The quantitative estimate of drug-likeness (QED) is 0.0231. The molecule has 1 heterocycles. The smallest absolute Gasteiger partial charge is 0.339 e. The van der Waals surface area contributed by atoms with E-state index >= 15 is 0 Å². The number of carbonyl (C=O) groups is 5. The van der Waals surface area contributed by atoms with E-state index in [1.165, 1.54) is 6.07 Å². The lowest BCUT2D eigenvalue weighted by Gasteiger charge is -2.42. The molecule has 19 nitrogen and oxygen atoms in total. The molecule has 19 heteroatoms. The summed E-state index contributed by atoms with van der Waals surface area (Å²) in [5.41, 5.74) is 0.643. The number of hydrogen-bond donors (Lipinski definition) is 9. The van der Waals surface area contributed by atoms with Crippen molar-refractivity contribution in [3.8, 4) is 5.75 Å². The van der Waals surface area contributed by atoms with Crippen LogP contribution in [0.25, 0.3) is 0 Å². The zero-order valence-electron chi connectivity index (χ0n) is 34.3. The predicted octanol–water partition coefficient (Wildman–Crippen LogP) is 1.88. The van der Waals surface area contributed by atoms with Crippen molar-refractivity contribution < 1.29 is 93.6 Å². The number of carboxylic acids is 2. The molecule has 0 saturated carbocycles. The van der Waals surface area contributed by atoms with Crippen LogP contribution >= 0.6 is 0 Å². The first-order chi connectivity index (χ1) is 28.5. The molecular formula is C41H64O19. The summed E-state index contributed by atoms with van der Waals surface area (Å²) in [4.78, 5) is 58.6. The van der Waals surface area contributed by atoms with Crippen molar-refractivity contribution in [2.75, 3.05) is 13.2 Å². The Morgan fingerprint density at radius 1 is 0.800 bits per heavy atom. The van der Waals surface area contributed by atoms with Gasteiger partial charge >= 0.3 is 29.8 Å². The van der Waals surface area contributed by atoms with Crippen LogP contribution in [0.2, 0.25) is 0 Å². The molecule has 1 aromatic rings. The number of unbranched alkanes of at least 4 members (excludes halogenated alkanes) is 12. The summed E-state index contributed by atoms with van der Waals surface area (Å²) in [5.74, 6) is -6.37. The molecule has 342 valence electrons. The van der Waals surface area contributed by atoms with E-state index in [1.54, 1.807) is 19.1 Å². The van der Waals surface area contributed by atoms with Gasteiger partial charge in [0.05, 0.1) is 12.7 Å². The second-order valence-electron chi connectivity index (χ2n) is 15.1. The van der Waals surface area contributed by atoms with Gasteiger partial charge in [0.25, 0.3) is 0 Å². The first-order valence-electron chi connectivity index (χ1n) is 20.6. The molecule has 1 aromatic carbocycles. The fraction of sp³-hybridized carbons (Fsp3) is 0.732. The Bertz CT molecular complexity index is 1470. The van der Waals surface area contributed by atoms with Crippen molar-refractivity contribution in [1.82, 2.24) is 0 Å². The van der Waals surface area contributed by atoms with Crippen molar-refractivity contribution >= 4 is 29.8 Å². The third kappa shape index (κ3) is 18.3. The average molecular weight is 861 g/mol. The fourth-order valence-corrected chi connectivity index (χ4v) is 6.84. The van der Waals surface area contributed by atoms with Crippen molar-refractivity contribution in [3.05, 3.63) is 29.3 Å². The third-order valence-electron chi connectivity index (χ3n) is 10.1. The Hall–Kier alpha value is -3.95. The highest BCUT2D eigenvalue weighted by Gasteiger charge is 2.49. The Labute approximate surface area is 349 Å². The largest absolute Gasteiger partial charge is 0.507 e. The molecule has 9 N–H and O–H groups in total. The second kappa shape index (κ2) is 27.8. The predicted molar refractivity (Wildman–Crippen MR) is 208 cm³/mol. The Balaban J connectivity index is 1.71. The standard InChI is InChI=1S/C41H64O19/c1-24(17-14-12-10-8-6-4-3-5-7-9-11-13-15-18-26-19-16-20-27(44)32(26)39(53)54)57-40(55)36(51)35(50)33(48)29(23-56-31(47)21-30(45)46)60-41-37(52)38(58-25(2)43)34(49)28(22-42)59-41/h16,19-20,24,28-29,33-38,41-42,44,48-52H,3-15,17-18,21-23H2,1-2H3,(H,45,46)(H,53,54). The number of benzene rings is 1. The monoisotopic (exact) mass is 860 g/mol. The van der Waals surface area contributed by atoms with Gasteiger partial charge in [0, 0.05) is 6.92 Å². The molecule has 0 aromatic heterocycles. The van der Waals surface area contributed by atoms with Crippen molar-refractivity contribution in [2.24, 2.45) is 0 Å². The van der Waals surface area contributed by atoms with E-state index in [0.29, 0.717) is 18.4 Å². The summed E-state index contributed by atoms with van der Waals surface area (Å²) in [7, 11) is 0. The number of carbonyl (C=O) groups excluding carboxylic acids is 3. The van der Waals surface area contributed by atoms with Crippen LogP contribution < -0.4 is 0 Å². The molecule has 0 radical (unpaired) electrons. The average Bonchev–Trinajstić information content (AvgIpc) is 3.18. The third-order valence-corrected chi connectivity index (χ3v) is 10.1. The van der Waals surface area contributed by atoms with Gasteiger partial charge in [0.15, 0.2) is 18.5 Å². The number of phenols is 1. The highest BCUT2D eigenvalue weighted by molar-refractivity contribution is 5.92. The van der Waals surface area contributed by atoms with E-state index in [9.17, 15) is 64.8 Å². The van der Waals surface area contributed by atoms with E-state index in [0.717, 1.165) is 90.4 Å². The minimum Gasteiger partial charge on any atom is -0.507 e. The van der Waals surface area contributed by atoms with Crippen LogP contribution in [0.5, 0.6) is 5.75 Å². The van der Waals surface area contributed by atoms with Gasteiger partial charge in [-0.15, -0.1) is 0 Å². The van der Waals surface area contributed by atoms with Gasteiger partial charge in [0.1, 0.15) is 61.0 Å². The Morgan fingerprint density at radius 3 is 1.90 bits per heavy atom. The molecular weight excluding hydrogens is 796 g/mol. The molecule has 2 rings (SSSR count). The van der Waals surface area contributed by atoms with E-state index in [-0.39, 0.29) is 11.3 Å². The number of aliphatic hydroxyl groups is 6. The van der Waals surface area contributed by atoms with Crippen molar-refractivity contribution in [2.45, 2.75) is 178 Å². The van der Waals surface area contributed by atoms with Crippen LogP contribution in [0, 0.1) is 0 Å². The lowest BCUT2D eigenvalue weighted by Crippen LogP contribution is -2.62. The van der Waals surface area contributed by atoms with Crippen molar-refractivity contribution in [3.63, 3.8) is 0 Å². The number of esters is 3. The normalized spacial score (nSPS) is 21.6. The number of aryl methyl sites for hydroxylation is 1. The number of aliphatic carboxylic acids is 1. The number of aliphatic hydroxyl groups excluding tert-OH is 6. The second-order valence-corrected chi connectivity index (χ2v) is 15.1. The summed E-state index contributed by atoms with van der Waals surface area (Å²) in [6, 6.07) is 4.79. The number of carboxylic acid groups (broad SMARTS) is 2. The van der Waals surface area contributed by atoms with E-state index in [2.05, 4.69) is 0 Å². The molecule has 10 unspecified atom stereocenters. The Kier molecular flexibility index (Phi) is 24.2. The van der Waals surface area contributed by atoms with Gasteiger partial charge in [-0.3, -0.25) is 14.4 Å². The van der Waals surface area contributed by atoms with Gasteiger partial charge < -0.3 is 69.6 Å². The molecule has 0 amide bonds. The molecule has 0 spiro atoms.